The Hall–Kier alpha value is -1.22. The molecule has 0 unspecified atom stereocenters. The van der Waals surface area contributed by atoms with Gasteiger partial charge in [0.25, 0.3) is 0 Å². The highest BCUT2D eigenvalue weighted by molar-refractivity contribution is 6.18. The van der Waals surface area contributed by atoms with Crippen molar-refractivity contribution in [3.8, 4) is 5.75 Å². The molecule has 0 aromatic heterocycles. The van der Waals surface area contributed by atoms with Crippen molar-refractivity contribution in [1.29, 1.82) is 0 Å². The molecule has 100 valence electrons. The molecule has 18 heavy (non-hydrogen) atoms. The molecule has 0 N–H and O–H groups in total. The first kappa shape index (κ1) is 14.8. The lowest BCUT2D eigenvalue weighted by molar-refractivity contribution is -0.144. The summed E-state index contributed by atoms with van der Waals surface area (Å²) in [6, 6.07) is 7.79. The molecule has 0 heterocycles. The molecule has 1 aromatic rings. The standard InChI is InChI=1S/C14H19ClO3/c1-3-18-14(16)9-12(10-15)8-11-4-6-13(17-2)7-5-11/h4-7,12H,3,8-10H2,1-2H3/t12-/m1/s1. The van der Waals surface area contributed by atoms with Gasteiger partial charge in [-0.25, -0.2) is 0 Å². The summed E-state index contributed by atoms with van der Waals surface area (Å²) in [6.07, 6.45) is 1.13. The highest BCUT2D eigenvalue weighted by Crippen LogP contribution is 2.18. The topological polar surface area (TPSA) is 35.5 Å². The average molecular weight is 271 g/mol. The number of alkyl halides is 1. The van der Waals surface area contributed by atoms with Crippen LogP contribution in [0.25, 0.3) is 0 Å². The van der Waals surface area contributed by atoms with Crippen LogP contribution in [0.15, 0.2) is 24.3 Å². The zero-order valence-corrected chi connectivity index (χ0v) is 11.6. The van der Waals surface area contributed by atoms with Crippen molar-refractivity contribution in [3.05, 3.63) is 29.8 Å². The molecule has 0 saturated heterocycles. The molecule has 0 saturated carbocycles. The SMILES string of the molecule is CCOC(=O)C[C@H](CCl)Cc1ccc(OC)cc1. The van der Waals surface area contributed by atoms with Gasteiger partial charge in [-0.15, -0.1) is 11.6 Å². The van der Waals surface area contributed by atoms with E-state index < -0.39 is 0 Å². The smallest absolute Gasteiger partial charge is 0.306 e. The quantitative estimate of drug-likeness (QED) is 0.564. The van der Waals surface area contributed by atoms with Gasteiger partial charge >= 0.3 is 5.97 Å². The van der Waals surface area contributed by atoms with Gasteiger partial charge in [0.15, 0.2) is 0 Å². The Labute approximate surface area is 113 Å². The van der Waals surface area contributed by atoms with Gasteiger partial charge in [0, 0.05) is 12.3 Å². The van der Waals surface area contributed by atoms with E-state index >= 15 is 0 Å². The number of carbonyl (C=O) groups is 1. The van der Waals surface area contributed by atoms with Crippen molar-refractivity contribution in [2.75, 3.05) is 19.6 Å². The lowest BCUT2D eigenvalue weighted by Gasteiger charge is -2.13. The minimum atomic E-state index is -0.184. The van der Waals surface area contributed by atoms with Crippen LogP contribution in [0.5, 0.6) is 5.75 Å². The molecule has 0 aliphatic rings. The number of benzene rings is 1. The monoisotopic (exact) mass is 270 g/mol. The van der Waals surface area contributed by atoms with Crippen molar-refractivity contribution in [2.24, 2.45) is 5.92 Å². The number of carbonyl (C=O) groups excluding carboxylic acids is 1. The Morgan fingerprint density at radius 2 is 2.00 bits per heavy atom. The van der Waals surface area contributed by atoms with Crippen LogP contribution in [-0.4, -0.2) is 25.6 Å². The fourth-order valence-corrected chi connectivity index (χ4v) is 1.95. The highest BCUT2D eigenvalue weighted by Gasteiger charge is 2.14. The van der Waals surface area contributed by atoms with E-state index in [0.717, 1.165) is 17.7 Å². The Morgan fingerprint density at radius 3 is 2.50 bits per heavy atom. The largest absolute Gasteiger partial charge is 0.497 e. The van der Waals surface area contributed by atoms with E-state index in [-0.39, 0.29) is 11.9 Å². The Bertz CT molecular complexity index is 362. The number of hydrogen-bond donors (Lipinski definition) is 0. The van der Waals surface area contributed by atoms with Crippen molar-refractivity contribution in [3.63, 3.8) is 0 Å². The first-order valence-electron chi connectivity index (χ1n) is 6.04. The fourth-order valence-electron chi connectivity index (χ4n) is 1.73. The molecule has 1 rings (SSSR count). The third-order valence-electron chi connectivity index (χ3n) is 2.66. The molecule has 1 atom stereocenters. The molecule has 0 aliphatic carbocycles. The molecule has 0 bridgehead atoms. The summed E-state index contributed by atoms with van der Waals surface area (Å²) in [5.74, 6) is 1.20. The van der Waals surface area contributed by atoms with Crippen molar-refractivity contribution >= 4 is 17.6 Å². The predicted octanol–water partition coefficient (Wildman–Crippen LogP) is 3.05. The lowest BCUT2D eigenvalue weighted by atomic mass is 9.98. The zero-order valence-electron chi connectivity index (χ0n) is 10.8. The molecule has 0 spiro atoms. The van der Waals surface area contributed by atoms with Crippen molar-refractivity contribution in [1.82, 2.24) is 0 Å². The van der Waals surface area contributed by atoms with Gasteiger partial charge in [0.05, 0.1) is 13.7 Å². The van der Waals surface area contributed by atoms with Crippen LogP contribution in [0.4, 0.5) is 0 Å². The Morgan fingerprint density at radius 1 is 1.33 bits per heavy atom. The zero-order chi connectivity index (χ0) is 13.4. The number of methoxy groups -OCH3 is 1. The number of hydrogen-bond acceptors (Lipinski definition) is 3. The van der Waals surface area contributed by atoms with Gasteiger partial charge in [0.2, 0.25) is 0 Å². The van der Waals surface area contributed by atoms with Gasteiger partial charge in [-0.2, -0.15) is 0 Å². The van der Waals surface area contributed by atoms with Crippen LogP contribution < -0.4 is 4.74 Å². The molecule has 0 amide bonds. The fraction of sp³-hybridized carbons (Fsp3) is 0.500. The number of esters is 1. The second-order valence-corrected chi connectivity index (χ2v) is 4.39. The third-order valence-corrected chi connectivity index (χ3v) is 3.10. The van der Waals surface area contributed by atoms with Crippen LogP contribution in [0, 0.1) is 5.92 Å². The van der Waals surface area contributed by atoms with Crippen LogP contribution in [-0.2, 0) is 16.0 Å². The molecular formula is C14H19ClO3. The maximum atomic E-state index is 11.4. The van der Waals surface area contributed by atoms with Gasteiger partial charge < -0.3 is 9.47 Å². The predicted molar refractivity (Wildman–Crippen MR) is 72.2 cm³/mol. The van der Waals surface area contributed by atoms with E-state index in [1.165, 1.54) is 0 Å². The van der Waals surface area contributed by atoms with E-state index in [4.69, 9.17) is 21.1 Å². The first-order valence-corrected chi connectivity index (χ1v) is 6.57. The minimum absolute atomic E-state index is 0.110. The molecule has 0 fully saturated rings. The minimum Gasteiger partial charge on any atom is -0.497 e. The highest BCUT2D eigenvalue weighted by atomic mass is 35.5. The van der Waals surface area contributed by atoms with E-state index in [2.05, 4.69) is 0 Å². The summed E-state index contributed by atoms with van der Waals surface area (Å²) in [6.45, 7) is 2.22. The molecule has 3 nitrogen and oxygen atoms in total. The summed E-state index contributed by atoms with van der Waals surface area (Å²) in [5.41, 5.74) is 1.14. The normalized spacial score (nSPS) is 11.9. The molecule has 0 aliphatic heterocycles. The van der Waals surface area contributed by atoms with Gasteiger partial charge in [0.1, 0.15) is 5.75 Å². The van der Waals surface area contributed by atoms with Crippen LogP contribution in [0.2, 0.25) is 0 Å². The van der Waals surface area contributed by atoms with Crippen LogP contribution in [0.3, 0.4) is 0 Å². The number of rotatable bonds is 7. The first-order chi connectivity index (χ1) is 8.69. The summed E-state index contributed by atoms with van der Waals surface area (Å²) < 4.78 is 10.0. The van der Waals surface area contributed by atoms with Crippen LogP contribution >= 0.6 is 11.6 Å². The van der Waals surface area contributed by atoms with E-state index in [9.17, 15) is 4.79 Å². The van der Waals surface area contributed by atoms with Gasteiger partial charge in [-0.3, -0.25) is 4.79 Å². The maximum absolute atomic E-state index is 11.4. The lowest BCUT2D eigenvalue weighted by Crippen LogP contribution is -2.15. The summed E-state index contributed by atoms with van der Waals surface area (Å²) >= 11 is 5.89. The third kappa shape index (κ3) is 4.96. The summed E-state index contributed by atoms with van der Waals surface area (Å²) in [4.78, 5) is 11.4. The molecular weight excluding hydrogens is 252 g/mol. The summed E-state index contributed by atoms with van der Waals surface area (Å²) in [5, 5.41) is 0. The van der Waals surface area contributed by atoms with Gasteiger partial charge in [-0.1, -0.05) is 12.1 Å². The van der Waals surface area contributed by atoms with Crippen molar-refractivity contribution < 1.29 is 14.3 Å². The second-order valence-electron chi connectivity index (χ2n) is 4.08. The Kier molecular flexibility index (Phi) is 6.58. The second kappa shape index (κ2) is 7.98. The summed E-state index contributed by atoms with van der Waals surface area (Å²) in [7, 11) is 1.64. The average Bonchev–Trinajstić information content (AvgIpc) is 2.39. The van der Waals surface area contributed by atoms with Gasteiger partial charge in [-0.05, 0) is 37.0 Å². The number of halogens is 1. The van der Waals surface area contributed by atoms with E-state index in [1.807, 2.05) is 24.3 Å². The van der Waals surface area contributed by atoms with Crippen molar-refractivity contribution in [2.45, 2.75) is 19.8 Å². The van der Waals surface area contributed by atoms with E-state index in [1.54, 1.807) is 14.0 Å². The molecule has 0 radical (unpaired) electrons. The molecule has 1 aromatic carbocycles. The maximum Gasteiger partial charge on any atom is 0.306 e. The van der Waals surface area contributed by atoms with E-state index in [0.29, 0.717) is 18.9 Å². The molecule has 4 heteroatoms. The Balaban J connectivity index is 2.53. The van der Waals surface area contributed by atoms with Crippen LogP contribution in [0.1, 0.15) is 18.9 Å². The number of ether oxygens (including phenoxy) is 2.